The number of fused-ring (bicyclic) bond motifs is 1. The Morgan fingerprint density at radius 3 is 2.81 bits per heavy atom. The second kappa shape index (κ2) is 5.61. The number of aromatic nitrogens is 4. The fourth-order valence-electron chi connectivity index (χ4n) is 2.01. The van der Waals surface area contributed by atoms with Crippen molar-refractivity contribution in [1.29, 1.82) is 0 Å². The summed E-state index contributed by atoms with van der Waals surface area (Å²) in [7, 11) is 1.55. The number of hydrogen-bond donors (Lipinski definition) is 1. The van der Waals surface area contributed by atoms with Gasteiger partial charge < -0.3 is 5.32 Å². The van der Waals surface area contributed by atoms with Crippen LogP contribution in [0.2, 0.25) is 0 Å². The van der Waals surface area contributed by atoms with Gasteiger partial charge in [0.1, 0.15) is 4.60 Å². The maximum Gasteiger partial charge on any atom is 0.288 e. The number of nitrogens with zero attached hydrogens (tertiary/aromatic N) is 4. The van der Waals surface area contributed by atoms with E-state index in [1.807, 2.05) is 30.3 Å². The molecule has 0 radical (unpaired) electrons. The van der Waals surface area contributed by atoms with Crippen LogP contribution in [0.5, 0.6) is 0 Å². The molecule has 1 N–H and O–H groups in total. The van der Waals surface area contributed by atoms with Gasteiger partial charge in [-0.05, 0) is 21.5 Å². The van der Waals surface area contributed by atoms with Crippen molar-refractivity contribution >= 4 is 32.9 Å². The summed E-state index contributed by atoms with van der Waals surface area (Å²) in [6.45, 7) is 0.577. The first kappa shape index (κ1) is 13.7. The van der Waals surface area contributed by atoms with E-state index in [1.54, 1.807) is 17.9 Å². The minimum atomic E-state index is -0.319. The number of benzene rings is 1. The molecular formula is C14H12BrN5O. The fourth-order valence-corrected chi connectivity index (χ4v) is 2.48. The van der Waals surface area contributed by atoms with Crippen LogP contribution >= 0.6 is 15.9 Å². The van der Waals surface area contributed by atoms with Gasteiger partial charge in [-0.3, -0.25) is 4.79 Å². The van der Waals surface area contributed by atoms with E-state index in [1.165, 1.54) is 0 Å². The lowest BCUT2D eigenvalue weighted by Gasteiger charge is -2.03. The molecule has 106 valence electrons. The number of nitrogens with one attached hydrogen (secondary N) is 1. The molecule has 2 aromatic heterocycles. The van der Waals surface area contributed by atoms with Crippen molar-refractivity contribution in [2.75, 3.05) is 7.05 Å². The zero-order chi connectivity index (χ0) is 14.8. The summed E-state index contributed by atoms with van der Waals surface area (Å²) in [5, 5.41) is 7.70. The van der Waals surface area contributed by atoms with Gasteiger partial charge in [-0.2, -0.15) is 5.10 Å². The highest BCUT2D eigenvalue weighted by atomic mass is 79.9. The van der Waals surface area contributed by atoms with Gasteiger partial charge in [0, 0.05) is 13.2 Å². The highest BCUT2D eigenvalue weighted by Crippen LogP contribution is 2.21. The molecule has 0 unspecified atom stereocenters. The van der Waals surface area contributed by atoms with Gasteiger partial charge in [0.05, 0.1) is 11.9 Å². The van der Waals surface area contributed by atoms with Crippen LogP contribution in [0.25, 0.3) is 11.0 Å². The number of halogens is 1. The highest BCUT2D eigenvalue weighted by Gasteiger charge is 2.14. The van der Waals surface area contributed by atoms with Crippen molar-refractivity contribution < 1.29 is 4.79 Å². The minimum absolute atomic E-state index is 0.131. The Balaban J connectivity index is 2.07. The number of carbonyl (C=O) groups is 1. The van der Waals surface area contributed by atoms with Gasteiger partial charge in [0.15, 0.2) is 5.65 Å². The average Bonchev–Trinajstić information content (AvgIpc) is 2.83. The van der Waals surface area contributed by atoms with Crippen LogP contribution in [0.15, 0.2) is 41.1 Å². The third kappa shape index (κ3) is 2.64. The first-order valence-electron chi connectivity index (χ1n) is 6.34. The lowest BCUT2D eigenvalue weighted by Crippen LogP contribution is -2.21. The predicted octanol–water partition coefficient (Wildman–Crippen LogP) is 2.00. The van der Waals surface area contributed by atoms with Crippen LogP contribution in [0.4, 0.5) is 0 Å². The average molecular weight is 346 g/mol. The molecule has 0 aliphatic heterocycles. The minimum Gasteiger partial charge on any atom is -0.352 e. The Morgan fingerprint density at radius 2 is 2.10 bits per heavy atom. The van der Waals surface area contributed by atoms with Crippen molar-refractivity contribution in [2.45, 2.75) is 6.54 Å². The van der Waals surface area contributed by atoms with E-state index in [2.05, 4.69) is 36.3 Å². The summed E-state index contributed by atoms with van der Waals surface area (Å²) in [6.07, 6.45) is 1.60. The molecule has 1 aromatic carbocycles. The molecule has 0 aliphatic rings. The van der Waals surface area contributed by atoms with E-state index in [0.29, 0.717) is 16.8 Å². The zero-order valence-electron chi connectivity index (χ0n) is 11.2. The molecule has 0 saturated heterocycles. The van der Waals surface area contributed by atoms with Crippen LogP contribution < -0.4 is 5.32 Å². The first-order valence-corrected chi connectivity index (χ1v) is 7.13. The van der Waals surface area contributed by atoms with Crippen molar-refractivity contribution in [3.63, 3.8) is 0 Å². The van der Waals surface area contributed by atoms with Gasteiger partial charge in [-0.1, -0.05) is 30.3 Å². The summed E-state index contributed by atoms with van der Waals surface area (Å²) in [4.78, 5) is 20.0. The van der Waals surface area contributed by atoms with Gasteiger partial charge in [-0.25, -0.2) is 14.6 Å². The first-order chi connectivity index (χ1) is 10.2. The molecule has 0 aliphatic carbocycles. The van der Waals surface area contributed by atoms with Crippen LogP contribution in [0.1, 0.15) is 16.2 Å². The second-order valence-corrected chi connectivity index (χ2v) is 5.20. The maximum absolute atomic E-state index is 11.7. The summed E-state index contributed by atoms with van der Waals surface area (Å²) in [5.41, 5.74) is 1.73. The largest absolute Gasteiger partial charge is 0.352 e. The monoisotopic (exact) mass is 345 g/mol. The van der Waals surface area contributed by atoms with Crippen molar-refractivity contribution in [3.05, 3.63) is 52.5 Å². The molecule has 0 spiro atoms. The lowest BCUT2D eigenvalue weighted by molar-refractivity contribution is 0.0953. The molecule has 3 rings (SSSR count). The van der Waals surface area contributed by atoms with Crippen molar-refractivity contribution in [3.8, 4) is 0 Å². The van der Waals surface area contributed by atoms with E-state index < -0.39 is 0 Å². The number of rotatable bonds is 3. The Kier molecular flexibility index (Phi) is 3.66. The van der Waals surface area contributed by atoms with Crippen LogP contribution in [0.3, 0.4) is 0 Å². The number of hydrogen-bond acceptors (Lipinski definition) is 4. The van der Waals surface area contributed by atoms with E-state index in [0.717, 1.165) is 10.9 Å². The van der Waals surface area contributed by atoms with Crippen LogP contribution in [-0.2, 0) is 6.54 Å². The van der Waals surface area contributed by atoms with E-state index in [-0.39, 0.29) is 11.7 Å². The Bertz CT molecular complexity index is 800. The maximum atomic E-state index is 11.7. The van der Waals surface area contributed by atoms with Crippen molar-refractivity contribution in [2.24, 2.45) is 0 Å². The molecule has 21 heavy (non-hydrogen) atoms. The zero-order valence-corrected chi connectivity index (χ0v) is 12.8. The quantitative estimate of drug-likeness (QED) is 0.787. The predicted molar refractivity (Wildman–Crippen MR) is 82.0 cm³/mol. The fraction of sp³-hybridized carbons (Fsp3) is 0.143. The van der Waals surface area contributed by atoms with Gasteiger partial charge in [0.25, 0.3) is 5.91 Å². The van der Waals surface area contributed by atoms with Crippen molar-refractivity contribution in [1.82, 2.24) is 25.1 Å². The molecule has 0 fully saturated rings. The van der Waals surface area contributed by atoms with E-state index in [4.69, 9.17) is 0 Å². The Morgan fingerprint density at radius 1 is 1.33 bits per heavy atom. The molecule has 0 atom stereocenters. The third-order valence-electron chi connectivity index (χ3n) is 3.05. The van der Waals surface area contributed by atoms with Gasteiger partial charge in [0.2, 0.25) is 5.82 Å². The third-order valence-corrected chi connectivity index (χ3v) is 3.63. The summed E-state index contributed by atoms with van der Waals surface area (Å²) < 4.78 is 2.42. The van der Waals surface area contributed by atoms with Gasteiger partial charge >= 0.3 is 0 Å². The molecule has 2 heterocycles. The smallest absolute Gasteiger partial charge is 0.288 e. The molecule has 6 nitrogen and oxygen atoms in total. The number of carbonyl (C=O) groups excluding carboxylic acids is 1. The Hall–Kier alpha value is -2.28. The SMILES string of the molecule is CNC(=O)c1ncc2c(Br)nn(Cc3ccccc3)c2n1. The summed E-state index contributed by atoms with van der Waals surface area (Å²) >= 11 is 3.40. The van der Waals surface area contributed by atoms with Gasteiger partial charge in [-0.15, -0.1) is 0 Å². The summed E-state index contributed by atoms with van der Waals surface area (Å²) in [6, 6.07) is 9.94. The van der Waals surface area contributed by atoms with Crippen LogP contribution in [-0.4, -0.2) is 32.7 Å². The van der Waals surface area contributed by atoms with E-state index >= 15 is 0 Å². The molecule has 7 heteroatoms. The standard InChI is InChI=1S/C14H12BrN5O/c1-16-14(21)12-17-7-10-11(15)19-20(13(10)18-12)8-9-5-3-2-4-6-9/h2-7H,8H2,1H3,(H,16,21). The summed E-state index contributed by atoms with van der Waals surface area (Å²) in [5.74, 6) is -0.188. The molecule has 1 amide bonds. The Labute approximate surface area is 129 Å². The topological polar surface area (TPSA) is 72.7 Å². The second-order valence-electron chi connectivity index (χ2n) is 4.44. The normalized spacial score (nSPS) is 10.8. The lowest BCUT2D eigenvalue weighted by atomic mass is 10.2. The molecule has 0 saturated carbocycles. The number of amides is 1. The highest BCUT2D eigenvalue weighted by molar-refractivity contribution is 9.10. The van der Waals surface area contributed by atoms with E-state index in [9.17, 15) is 4.79 Å². The molecule has 3 aromatic rings. The molecule has 0 bridgehead atoms. The van der Waals surface area contributed by atoms with Crippen LogP contribution in [0, 0.1) is 0 Å². The molecular weight excluding hydrogens is 334 g/mol.